The number of nitrogens with zero attached hydrogens (tertiary/aromatic N) is 2. The van der Waals surface area contributed by atoms with Crippen LogP contribution in [0.1, 0.15) is 61.0 Å². The molecule has 1 fully saturated rings. The summed E-state index contributed by atoms with van der Waals surface area (Å²) in [5.41, 5.74) is 3.42. The van der Waals surface area contributed by atoms with Crippen molar-refractivity contribution in [3.8, 4) is 6.07 Å². The fourth-order valence-corrected chi connectivity index (χ4v) is 4.37. The summed E-state index contributed by atoms with van der Waals surface area (Å²) in [5, 5.41) is 12.8. The number of carbonyl (C=O) groups excluding carboxylic acids is 1. The maximum absolute atomic E-state index is 12.5. The van der Waals surface area contributed by atoms with Crippen molar-refractivity contribution in [1.82, 2.24) is 5.32 Å². The van der Waals surface area contributed by atoms with E-state index in [9.17, 15) is 4.79 Å². The minimum absolute atomic E-state index is 0.00744. The van der Waals surface area contributed by atoms with Crippen LogP contribution in [0.5, 0.6) is 0 Å². The van der Waals surface area contributed by atoms with Crippen molar-refractivity contribution in [2.45, 2.75) is 64.6 Å². The Morgan fingerprint density at radius 1 is 1.14 bits per heavy atom. The predicted octanol–water partition coefficient (Wildman–Crippen LogP) is 5.48. The van der Waals surface area contributed by atoms with E-state index in [1.54, 1.807) is 6.07 Å². The number of nitriles is 1. The van der Waals surface area contributed by atoms with Gasteiger partial charge in [-0.3, -0.25) is 4.79 Å². The molecule has 0 unspecified atom stereocenters. The largest absolute Gasteiger partial charge is 0.366 e. The van der Waals surface area contributed by atoms with E-state index in [4.69, 9.17) is 16.9 Å². The quantitative estimate of drug-likeness (QED) is 0.711. The van der Waals surface area contributed by atoms with Gasteiger partial charge < -0.3 is 10.2 Å². The molecule has 29 heavy (non-hydrogen) atoms. The lowest BCUT2D eigenvalue weighted by molar-refractivity contribution is 0.0925. The smallest absolute Gasteiger partial charge is 0.251 e. The van der Waals surface area contributed by atoms with Gasteiger partial charge in [0.25, 0.3) is 5.91 Å². The van der Waals surface area contributed by atoms with Gasteiger partial charge in [0.1, 0.15) is 6.07 Å². The molecule has 1 aliphatic carbocycles. The standard InChI is InChI=1S/C24H28ClN3O/c1-16(2)28(22-11-8-19(15-26)23(25)14-22)21-12-9-20(10-13-21)27-24(29)18-6-4-17(3)5-7-18/h4-8,11,14,16,20-21H,9-10,12-13H2,1-3H3,(H,27,29)/t20-,21-. The van der Waals surface area contributed by atoms with Crippen LogP contribution in [0, 0.1) is 18.3 Å². The third-order valence-corrected chi connectivity index (χ3v) is 5.98. The second-order valence-corrected chi connectivity index (χ2v) is 8.53. The number of nitrogens with one attached hydrogen (secondary N) is 1. The maximum atomic E-state index is 12.5. The van der Waals surface area contributed by atoms with Crippen LogP contribution in [0.4, 0.5) is 5.69 Å². The van der Waals surface area contributed by atoms with Gasteiger partial charge in [-0.2, -0.15) is 5.26 Å². The summed E-state index contributed by atoms with van der Waals surface area (Å²) in [6.07, 6.45) is 3.92. The number of aryl methyl sites for hydroxylation is 1. The van der Waals surface area contributed by atoms with Crippen LogP contribution in [0.2, 0.25) is 5.02 Å². The molecule has 0 heterocycles. The Kier molecular flexibility index (Phi) is 6.82. The molecule has 1 aliphatic rings. The van der Waals surface area contributed by atoms with E-state index in [2.05, 4.69) is 30.1 Å². The summed E-state index contributed by atoms with van der Waals surface area (Å²) in [6, 6.07) is 16.4. The molecule has 0 radical (unpaired) electrons. The molecule has 152 valence electrons. The van der Waals surface area contributed by atoms with Gasteiger partial charge in [0.15, 0.2) is 0 Å². The normalized spacial score (nSPS) is 18.9. The first kappa shape index (κ1) is 21.2. The van der Waals surface area contributed by atoms with Crippen LogP contribution < -0.4 is 10.2 Å². The van der Waals surface area contributed by atoms with Gasteiger partial charge in [0.05, 0.1) is 10.6 Å². The highest BCUT2D eigenvalue weighted by atomic mass is 35.5. The number of halogens is 1. The topological polar surface area (TPSA) is 56.1 Å². The Hall–Kier alpha value is -2.51. The second-order valence-electron chi connectivity index (χ2n) is 8.12. The number of benzene rings is 2. The second kappa shape index (κ2) is 9.33. The maximum Gasteiger partial charge on any atom is 0.251 e. The minimum atomic E-state index is 0.00744. The van der Waals surface area contributed by atoms with E-state index in [-0.39, 0.29) is 11.9 Å². The van der Waals surface area contributed by atoms with E-state index in [0.29, 0.717) is 28.2 Å². The Balaban J connectivity index is 1.63. The first-order valence-corrected chi connectivity index (χ1v) is 10.6. The van der Waals surface area contributed by atoms with Gasteiger partial charge in [0, 0.05) is 29.4 Å². The molecule has 1 amide bonds. The molecule has 1 saturated carbocycles. The lowest BCUT2D eigenvalue weighted by atomic mass is 9.89. The molecule has 2 aromatic carbocycles. The molecule has 2 aromatic rings. The average Bonchev–Trinajstić information content (AvgIpc) is 2.70. The summed E-state index contributed by atoms with van der Waals surface area (Å²) in [4.78, 5) is 14.9. The van der Waals surface area contributed by atoms with Gasteiger partial charge >= 0.3 is 0 Å². The number of rotatable bonds is 5. The molecule has 0 atom stereocenters. The fraction of sp³-hybridized carbons (Fsp3) is 0.417. The summed E-state index contributed by atoms with van der Waals surface area (Å²) in [5.74, 6) is 0.00744. The van der Waals surface area contributed by atoms with E-state index in [1.807, 2.05) is 43.3 Å². The molecule has 0 aromatic heterocycles. The highest BCUT2D eigenvalue weighted by Gasteiger charge is 2.28. The SMILES string of the molecule is Cc1ccc(C(=O)N[C@H]2CC[C@H](N(c3ccc(C#N)c(Cl)c3)C(C)C)CC2)cc1. The molecule has 0 bridgehead atoms. The van der Waals surface area contributed by atoms with Crippen molar-refractivity contribution in [3.63, 3.8) is 0 Å². The summed E-state index contributed by atoms with van der Waals surface area (Å²) in [7, 11) is 0. The zero-order valence-electron chi connectivity index (χ0n) is 17.3. The molecule has 4 nitrogen and oxygen atoms in total. The van der Waals surface area contributed by atoms with Crippen LogP contribution in [0.3, 0.4) is 0 Å². The van der Waals surface area contributed by atoms with E-state index < -0.39 is 0 Å². The van der Waals surface area contributed by atoms with Crippen LogP contribution in [-0.2, 0) is 0 Å². The van der Waals surface area contributed by atoms with Crippen molar-refractivity contribution >= 4 is 23.2 Å². The van der Waals surface area contributed by atoms with E-state index >= 15 is 0 Å². The fourth-order valence-electron chi connectivity index (χ4n) is 4.16. The van der Waals surface area contributed by atoms with E-state index in [0.717, 1.165) is 36.9 Å². The number of carbonyl (C=O) groups is 1. The lowest BCUT2D eigenvalue weighted by Crippen LogP contribution is -2.46. The first-order valence-electron chi connectivity index (χ1n) is 10.2. The summed E-state index contributed by atoms with van der Waals surface area (Å²) < 4.78 is 0. The number of hydrogen-bond donors (Lipinski definition) is 1. The monoisotopic (exact) mass is 409 g/mol. The Morgan fingerprint density at radius 2 is 1.79 bits per heavy atom. The number of amides is 1. The van der Waals surface area contributed by atoms with Crippen molar-refractivity contribution in [2.75, 3.05) is 4.90 Å². The van der Waals surface area contributed by atoms with Crippen molar-refractivity contribution < 1.29 is 4.79 Å². The highest BCUT2D eigenvalue weighted by Crippen LogP contribution is 2.32. The number of anilines is 1. The van der Waals surface area contributed by atoms with Crippen LogP contribution >= 0.6 is 11.6 Å². The molecule has 0 aliphatic heterocycles. The predicted molar refractivity (Wildman–Crippen MR) is 118 cm³/mol. The summed E-state index contributed by atoms with van der Waals surface area (Å²) in [6.45, 7) is 6.37. The van der Waals surface area contributed by atoms with Gasteiger partial charge in [-0.15, -0.1) is 0 Å². The van der Waals surface area contributed by atoms with Crippen molar-refractivity contribution in [3.05, 3.63) is 64.2 Å². The molecular formula is C24H28ClN3O. The van der Waals surface area contributed by atoms with Gasteiger partial charge in [0.2, 0.25) is 0 Å². The average molecular weight is 410 g/mol. The highest BCUT2D eigenvalue weighted by molar-refractivity contribution is 6.32. The van der Waals surface area contributed by atoms with Gasteiger partial charge in [-0.25, -0.2) is 0 Å². The molecule has 0 saturated heterocycles. The van der Waals surface area contributed by atoms with Gasteiger partial charge in [-0.05, 0) is 76.8 Å². The number of hydrogen-bond acceptors (Lipinski definition) is 3. The Bertz CT molecular complexity index is 893. The van der Waals surface area contributed by atoms with Crippen molar-refractivity contribution in [1.29, 1.82) is 5.26 Å². The van der Waals surface area contributed by atoms with Gasteiger partial charge in [-0.1, -0.05) is 29.3 Å². The molecule has 3 rings (SSSR count). The molecule has 1 N–H and O–H groups in total. The molecule has 0 spiro atoms. The van der Waals surface area contributed by atoms with E-state index in [1.165, 1.54) is 0 Å². The zero-order valence-corrected chi connectivity index (χ0v) is 18.0. The summed E-state index contributed by atoms with van der Waals surface area (Å²) >= 11 is 6.27. The first-order chi connectivity index (χ1) is 13.9. The Morgan fingerprint density at radius 3 is 2.34 bits per heavy atom. The third-order valence-electron chi connectivity index (χ3n) is 5.67. The van der Waals surface area contributed by atoms with Crippen molar-refractivity contribution in [2.24, 2.45) is 0 Å². The zero-order chi connectivity index (χ0) is 21.0. The third kappa shape index (κ3) is 5.10. The lowest BCUT2D eigenvalue weighted by Gasteiger charge is -2.41. The minimum Gasteiger partial charge on any atom is -0.366 e. The van der Waals surface area contributed by atoms with Crippen LogP contribution in [-0.4, -0.2) is 24.0 Å². The Labute approximate surface area is 178 Å². The molecular weight excluding hydrogens is 382 g/mol. The van der Waals surface area contributed by atoms with Crippen LogP contribution in [0.15, 0.2) is 42.5 Å². The van der Waals surface area contributed by atoms with Crippen LogP contribution in [0.25, 0.3) is 0 Å². The molecule has 5 heteroatoms.